The Kier molecular flexibility index (Phi) is 4.75. The lowest BCUT2D eigenvalue weighted by Crippen LogP contribution is -2.41. The molecule has 3 aliphatic rings. The fraction of sp³-hybridized carbons (Fsp3) is 0.929. The maximum atomic E-state index is 12.1. The highest BCUT2D eigenvalue weighted by Gasteiger charge is 2.40. The molecule has 2 saturated heterocycles. The third kappa shape index (κ3) is 3.41. The molecule has 3 fully saturated rings. The first kappa shape index (κ1) is 15.1. The van der Waals surface area contributed by atoms with Gasteiger partial charge in [-0.15, -0.1) is 12.4 Å². The Morgan fingerprint density at radius 3 is 2.63 bits per heavy atom. The molecule has 1 aliphatic carbocycles. The van der Waals surface area contributed by atoms with E-state index in [0.717, 1.165) is 26.2 Å². The Balaban J connectivity index is 0.00000133. The maximum absolute atomic E-state index is 12.1. The fourth-order valence-electron chi connectivity index (χ4n) is 3.50. The van der Waals surface area contributed by atoms with Gasteiger partial charge in [0.2, 0.25) is 5.91 Å². The summed E-state index contributed by atoms with van der Waals surface area (Å²) in [5, 5.41) is 3.44. The quantitative estimate of drug-likeness (QED) is 0.844. The summed E-state index contributed by atoms with van der Waals surface area (Å²) in [5.74, 6) is 0.323. The van der Waals surface area contributed by atoms with Crippen LogP contribution in [-0.2, 0) is 4.79 Å². The van der Waals surface area contributed by atoms with Crippen LogP contribution in [0, 0.1) is 5.41 Å². The molecule has 2 heterocycles. The van der Waals surface area contributed by atoms with Crippen molar-refractivity contribution in [3.8, 4) is 0 Å². The predicted octanol–water partition coefficient (Wildman–Crippen LogP) is 1.10. The summed E-state index contributed by atoms with van der Waals surface area (Å²) < 4.78 is 0. The van der Waals surface area contributed by atoms with Gasteiger partial charge in [-0.2, -0.15) is 0 Å². The van der Waals surface area contributed by atoms with Crippen LogP contribution in [0.15, 0.2) is 0 Å². The van der Waals surface area contributed by atoms with Gasteiger partial charge in [-0.25, -0.2) is 0 Å². The standard InChI is InChI=1S/C14H25N3O.ClH/c1-16(12-2-3-12)13(18)10-17-9-6-14(11-17)4-7-15-8-5-14;/h12,15H,2-11H2,1H3;1H. The van der Waals surface area contributed by atoms with E-state index in [2.05, 4.69) is 10.2 Å². The Morgan fingerprint density at radius 2 is 2.00 bits per heavy atom. The van der Waals surface area contributed by atoms with Crippen LogP contribution in [-0.4, -0.2) is 61.5 Å². The minimum absolute atomic E-state index is 0. The number of nitrogens with zero attached hydrogens (tertiary/aromatic N) is 2. The maximum Gasteiger partial charge on any atom is 0.236 e. The first-order valence-electron chi connectivity index (χ1n) is 7.37. The second-order valence-electron chi connectivity index (χ2n) is 6.45. The molecular formula is C14H26ClN3O. The first-order valence-corrected chi connectivity index (χ1v) is 7.37. The average molecular weight is 288 g/mol. The minimum atomic E-state index is 0. The van der Waals surface area contributed by atoms with E-state index in [0.29, 0.717) is 23.9 Å². The fourth-order valence-corrected chi connectivity index (χ4v) is 3.50. The lowest BCUT2D eigenvalue weighted by atomic mass is 9.78. The molecule has 0 unspecified atom stereocenters. The molecule has 0 radical (unpaired) electrons. The van der Waals surface area contributed by atoms with E-state index in [1.165, 1.54) is 32.1 Å². The summed E-state index contributed by atoms with van der Waals surface area (Å²) in [6.07, 6.45) is 6.27. The van der Waals surface area contributed by atoms with Crippen molar-refractivity contribution in [1.29, 1.82) is 0 Å². The number of carbonyl (C=O) groups excluding carboxylic acids is 1. The van der Waals surface area contributed by atoms with E-state index in [1.807, 2.05) is 11.9 Å². The molecule has 0 aromatic rings. The number of rotatable bonds is 3. The summed E-state index contributed by atoms with van der Waals surface area (Å²) >= 11 is 0. The summed E-state index contributed by atoms with van der Waals surface area (Å²) in [5.41, 5.74) is 0.518. The number of nitrogens with one attached hydrogen (secondary N) is 1. The van der Waals surface area contributed by atoms with Gasteiger partial charge < -0.3 is 10.2 Å². The zero-order chi connectivity index (χ0) is 12.6. The molecular weight excluding hydrogens is 262 g/mol. The second-order valence-corrected chi connectivity index (χ2v) is 6.45. The van der Waals surface area contributed by atoms with Crippen LogP contribution < -0.4 is 5.32 Å². The van der Waals surface area contributed by atoms with Crippen molar-refractivity contribution in [2.45, 2.75) is 38.1 Å². The van der Waals surface area contributed by atoms with Crippen molar-refractivity contribution in [2.75, 3.05) is 39.8 Å². The van der Waals surface area contributed by atoms with E-state index >= 15 is 0 Å². The predicted molar refractivity (Wildman–Crippen MR) is 78.6 cm³/mol. The van der Waals surface area contributed by atoms with E-state index in [4.69, 9.17) is 0 Å². The number of hydrogen-bond donors (Lipinski definition) is 1. The zero-order valence-electron chi connectivity index (χ0n) is 11.9. The van der Waals surface area contributed by atoms with Gasteiger partial charge >= 0.3 is 0 Å². The molecule has 1 spiro atoms. The average Bonchev–Trinajstić information content (AvgIpc) is 3.15. The molecule has 1 saturated carbocycles. The van der Waals surface area contributed by atoms with Gasteiger partial charge in [0.05, 0.1) is 6.54 Å². The number of likely N-dealkylation sites (N-methyl/N-ethyl adjacent to an activating group) is 1. The number of amides is 1. The molecule has 4 nitrogen and oxygen atoms in total. The molecule has 2 aliphatic heterocycles. The number of carbonyl (C=O) groups is 1. The minimum Gasteiger partial charge on any atom is -0.342 e. The largest absolute Gasteiger partial charge is 0.342 e. The van der Waals surface area contributed by atoms with Gasteiger partial charge in [-0.3, -0.25) is 9.69 Å². The van der Waals surface area contributed by atoms with Crippen LogP contribution in [0.1, 0.15) is 32.1 Å². The Hall–Kier alpha value is -0.320. The molecule has 0 bridgehead atoms. The van der Waals surface area contributed by atoms with Gasteiger partial charge in [0.1, 0.15) is 0 Å². The summed E-state index contributed by atoms with van der Waals surface area (Å²) in [4.78, 5) is 16.5. The van der Waals surface area contributed by atoms with Gasteiger partial charge in [0.15, 0.2) is 0 Å². The highest BCUT2D eigenvalue weighted by molar-refractivity contribution is 5.85. The van der Waals surface area contributed by atoms with Crippen LogP contribution in [0.5, 0.6) is 0 Å². The smallest absolute Gasteiger partial charge is 0.236 e. The van der Waals surface area contributed by atoms with Crippen molar-refractivity contribution in [1.82, 2.24) is 15.1 Å². The van der Waals surface area contributed by atoms with E-state index in [1.54, 1.807) is 0 Å². The van der Waals surface area contributed by atoms with Crippen LogP contribution in [0.4, 0.5) is 0 Å². The van der Waals surface area contributed by atoms with Crippen molar-refractivity contribution < 1.29 is 4.79 Å². The van der Waals surface area contributed by atoms with E-state index in [9.17, 15) is 4.79 Å². The molecule has 1 N–H and O–H groups in total. The molecule has 3 rings (SSSR count). The van der Waals surface area contributed by atoms with Gasteiger partial charge in [0, 0.05) is 19.6 Å². The molecule has 5 heteroatoms. The monoisotopic (exact) mass is 287 g/mol. The third-order valence-corrected chi connectivity index (χ3v) is 5.03. The van der Waals surface area contributed by atoms with Crippen LogP contribution >= 0.6 is 12.4 Å². The highest BCUT2D eigenvalue weighted by atomic mass is 35.5. The van der Waals surface area contributed by atoms with Crippen LogP contribution in [0.3, 0.4) is 0 Å². The first-order chi connectivity index (χ1) is 8.69. The number of hydrogen-bond acceptors (Lipinski definition) is 3. The van der Waals surface area contributed by atoms with Gasteiger partial charge in [0.25, 0.3) is 0 Å². The third-order valence-electron chi connectivity index (χ3n) is 5.03. The van der Waals surface area contributed by atoms with Gasteiger partial charge in [-0.05, 0) is 57.2 Å². The Bertz CT molecular complexity index is 327. The van der Waals surface area contributed by atoms with Crippen molar-refractivity contribution in [2.24, 2.45) is 5.41 Å². The van der Waals surface area contributed by atoms with Crippen molar-refractivity contribution in [3.63, 3.8) is 0 Å². The summed E-state index contributed by atoms with van der Waals surface area (Å²) in [7, 11) is 1.97. The molecule has 110 valence electrons. The molecule has 0 aromatic heterocycles. The second kappa shape index (κ2) is 5.98. The molecule has 0 atom stereocenters. The zero-order valence-corrected chi connectivity index (χ0v) is 12.7. The Morgan fingerprint density at radius 1 is 1.32 bits per heavy atom. The van der Waals surface area contributed by atoms with E-state index < -0.39 is 0 Å². The Labute approximate surface area is 122 Å². The number of likely N-dealkylation sites (tertiary alicyclic amines) is 1. The lowest BCUT2D eigenvalue weighted by Gasteiger charge is -2.34. The highest BCUT2D eigenvalue weighted by Crippen LogP contribution is 2.38. The normalized spacial score (nSPS) is 26.2. The van der Waals surface area contributed by atoms with Gasteiger partial charge in [-0.1, -0.05) is 0 Å². The van der Waals surface area contributed by atoms with Crippen molar-refractivity contribution >= 4 is 18.3 Å². The van der Waals surface area contributed by atoms with Crippen LogP contribution in [0.25, 0.3) is 0 Å². The summed E-state index contributed by atoms with van der Waals surface area (Å²) in [6.45, 7) is 5.21. The SMILES string of the molecule is CN(C(=O)CN1CCC2(CCNCC2)C1)C1CC1.Cl. The lowest BCUT2D eigenvalue weighted by molar-refractivity contribution is -0.131. The number of piperidine rings is 1. The molecule has 0 aromatic carbocycles. The van der Waals surface area contributed by atoms with E-state index in [-0.39, 0.29) is 12.4 Å². The summed E-state index contributed by atoms with van der Waals surface area (Å²) in [6, 6.07) is 0.549. The van der Waals surface area contributed by atoms with Crippen molar-refractivity contribution in [3.05, 3.63) is 0 Å². The van der Waals surface area contributed by atoms with Crippen LogP contribution in [0.2, 0.25) is 0 Å². The topological polar surface area (TPSA) is 35.6 Å². The number of halogens is 1. The molecule has 19 heavy (non-hydrogen) atoms. The molecule has 1 amide bonds.